The highest BCUT2D eigenvalue weighted by atomic mass is 16.7. The molecule has 0 radical (unpaired) electrons. The molecule has 4 aliphatic heterocycles. The number of carbonyl (C=O) groups excluding carboxylic acids is 2. The zero-order valence-electron chi connectivity index (χ0n) is 15.7. The van der Waals surface area contributed by atoms with Crippen molar-refractivity contribution in [3.8, 4) is 11.5 Å². The van der Waals surface area contributed by atoms with Crippen molar-refractivity contribution in [1.29, 1.82) is 0 Å². The van der Waals surface area contributed by atoms with Gasteiger partial charge in [0.2, 0.25) is 12.7 Å². The number of nitrogens with zero attached hydrogens (tertiary/aromatic N) is 2. The third-order valence-electron chi connectivity index (χ3n) is 6.52. The fourth-order valence-corrected chi connectivity index (χ4v) is 5.20. The van der Waals surface area contributed by atoms with E-state index in [1.165, 1.54) is 0 Å². The second-order valence-electron chi connectivity index (χ2n) is 7.88. The first-order valence-electron chi connectivity index (χ1n) is 9.89. The van der Waals surface area contributed by atoms with Crippen molar-refractivity contribution in [1.82, 2.24) is 9.80 Å². The van der Waals surface area contributed by atoms with E-state index in [-0.39, 0.29) is 30.7 Å². The van der Waals surface area contributed by atoms with Crippen LogP contribution >= 0.6 is 0 Å². The summed E-state index contributed by atoms with van der Waals surface area (Å²) in [4.78, 5) is 29.9. The Hall–Kier alpha value is -3.06. The van der Waals surface area contributed by atoms with Gasteiger partial charge in [0.05, 0.1) is 25.1 Å². The Kier molecular flexibility index (Phi) is 3.47. The molecule has 2 amide bonds. The summed E-state index contributed by atoms with van der Waals surface area (Å²) in [5, 5.41) is 0. The molecule has 2 aromatic rings. The van der Waals surface area contributed by atoms with E-state index in [1.807, 2.05) is 35.2 Å². The van der Waals surface area contributed by atoms with Gasteiger partial charge in [-0.2, -0.15) is 0 Å². The molecule has 4 aliphatic rings. The molecule has 3 fully saturated rings. The average Bonchev–Trinajstić information content (AvgIpc) is 3.49. The minimum Gasteiger partial charge on any atom is -0.454 e. The van der Waals surface area contributed by atoms with Crippen LogP contribution < -0.4 is 9.47 Å². The van der Waals surface area contributed by atoms with Gasteiger partial charge in [-0.15, -0.1) is 0 Å². The van der Waals surface area contributed by atoms with Crippen LogP contribution in [0.1, 0.15) is 34.8 Å². The number of carbonyl (C=O) groups is 2. The maximum Gasteiger partial charge on any atom is 0.254 e. The van der Waals surface area contributed by atoms with Crippen molar-refractivity contribution in [3.63, 3.8) is 0 Å². The summed E-state index contributed by atoms with van der Waals surface area (Å²) in [6, 6.07) is 14.8. The summed E-state index contributed by atoms with van der Waals surface area (Å²) in [5.74, 6) is 1.16. The van der Waals surface area contributed by atoms with Crippen molar-refractivity contribution in [2.75, 3.05) is 19.9 Å². The van der Waals surface area contributed by atoms with E-state index in [2.05, 4.69) is 0 Å². The number of ether oxygens (including phenoxy) is 3. The Balaban J connectivity index is 1.31. The van der Waals surface area contributed by atoms with Gasteiger partial charge < -0.3 is 24.0 Å². The van der Waals surface area contributed by atoms with Gasteiger partial charge in [-0.1, -0.05) is 30.3 Å². The predicted molar refractivity (Wildman–Crippen MR) is 101 cm³/mol. The van der Waals surface area contributed by atoms with E-state index in [0.717, 1.165) is 5.56 Å². The molecule has 3 saturated heterocycles. The Bertz CT molecular complexity index is 1010. The highest BCUT2D eigenvalue weighted by Crippen LogP contribution is 2.51. The van der Waals surface area contributed by atoms with Gasteiger partial charge in [-0.3, -0.25) is 9.59 Å². The number of likely N-dealkylation sites (tertiary alicyclic amines) is 1. The summed E-state index contributed by atoms with van der Waals surface area (Å²) >= 11 is 0. The molecule has 7 nitrogen and oxygen atoms in total. The molecule has 148 valence electrons. The number of benzene rings is 2. The molecule has 0 N–H and O–H groups in total. The highest BCUT2D eigenvalue weighted by molar-refractivity contribution is 5.96. The third kappa shape index (κ3) is 2.28. The second kappa shape index (κ2) is 5.97. The van der Waals surface area contributed by atoms with Gasteiger partial charge >= 0.3 is 0 Å². The van der Waals surface area contributed by atoms with Crippen LogP contribution in [0.15, 0.2) is 48.5 Å². The average molecular weight is 392 g/mol. The lowest BCUT2D eigenvalue weighted by molar-refractivity contribution is -0.138. The Labute approximate surface area is 167 Å². The van der Waals surface area contributed by atoms with Crippen LogP contribution in [0.25, 0.3) is 0 Å². The van der Waals surface area contributed by atoms with Crippen LogP contribution in [0.2, 0.25) is 0 Å². The van der Waals surface area contributed by atoms with Crippen LogP contribution in [0.3, 0.4) is 0 Å². The maximum absolute atomic E-state index is 13.3. The number of fused-ring (bicyclic) bond motifs is 1. The van der Waals surface area contributed by atoms with Gasteiger partial charge in [0, 0.05) is 18.5 Å². The van der Waals surface area contributed by atoms with Crippen molar-refractivity contribution in [2.24, 2.45) is 0 Å². The van der Waals surface area contributed by atoms with E-state index in [1.54, 1.807) is 23.1 Å². The summed E-state index contributed by atoms with van der Waals surface area (Å²) < 4.78 is 17.0. The topological polar surface area (TPSA) is 68.3 Å². The molecule has 2 aromatic carbocycles. The van der Waals surface area contributed by atoms with E-state index < -0.39 is 5.72 Å². The summed E-state index contributed by atoms with van der Waals surface area (Å²) in [7, 11) is 0. The fourth-order valence-electron chi connectivity index (χ4n) is 5.20. The van der Waals surface area contributed by atoms with E-state index in [9.17, 15) is 9.59 Å². The van der Waals surface area contributed by atoms with E-state index in [0.29, 0.717) is 43.1 Å². The molecule has 3 atom stereocenters. The summed E-state index contributed by atoms with van der Waals surface area (Å²) in [6.07, 6.45) is 0.919. The normalized spacial score (nSPS) is 29.3. The zero-order valence-corrected chi connectivity index (χ0v) is 15.7. The smallest absolute Gasteiger partial charge is 0.254 e. The van der Waals surface area contributed by atoms with Crippen LogP contribution in [-0.4, -0.2) is 53.3 Å². The first-order valence-corrected chi connectivity index (χ1v) is 9.89. The highest BCUT2D eigenvalue weighted by Gasteiger charge is 2.65. The molecule has 4 heterocycles. The Morgan fingerprint density at radius 1 is 1.07 bits per heavy atom. The fraction of sp³-hybridized carbons (Fsp3) is 0.364. The third-order valence-corrected chi connectivity index (χ3v) is 6.52. The molecule has 29 heavy (non-hydrogen) atoms. The predicted octanol–water partition coefficient (Wildman–Crippen LogP) is 2.33. The minimum absolute atomic E-state index is 0.0459. The first kappa shape index (κ1) is 16.9. The maximum atomic E-state index is 13.3. The largest absolute Gasteiger partial charge is 0.454 e. The number of hydrogen-bond acceptors (Lipinski definition) is 5. The van der Waals surface area contributed by atoms with Crippen LogP contribution in [0, 0.1) is 0 Å². The molecule has 0 unspecified atom stereocenters. The number of amides is 2. The minimum atomic E-state index is -0.719. The standard InChI is InChI=1S/C22H20N2O5/c25-20-11-19-22(24(20)16(12-29-22)14-4-2-1-3-5-14)8-9-23(19)21(26)15-6-7-17-18(10-15)28-13-27-17/h1-7,10,16,19H,8-9,11-13H2/t16-,19+,22-/m0/s1. The zero-order chi connectivity index (χ0) is 19.6. The SMILES string of the molecule is O=C(c1ccc2c(c1)OCO2)N1CC[C@@]23OC[C@@H](c4ccccc4)N2C(=O)C[C@@H]13. The van der Waals surface area contributed by atoms with Gasteiger partial charge in [0.15, 0.2) is 17.2 Å². The van der Waals surface area contributed by atoms with Crippen molar-refractivity contribution in [2.45, 2.75) is 30.7 Å². The van der Waals surface area contributed by atoms with Gasteiger partial charge in [0.25, 0.3) is 5.91 Å². The molecular weight excluding hydrogens is 372 g/mol. The molecule has 0 saturated carbocycles. The van der Waals surface area contributed by atoms with Gasteiger partial charge in [-0.25, -0.2) is 0 Å². The Morgan fingerprint density at radius 3 is 2.76 bits per heavy atom. The Morgan fingerprint density at radius 2 is 1.90 bits per heavy atom. The van der Waals surface area contributed by atoms with Crippen LogP contribution in [0.4, 0.5) is 0 Å². The van der Waals surface area contributed by atoms with E-state index in [4.69, 9.17) is 14.2 Å². The molecule has 0 aromatic heterocycles. The quantitative estimate of drug-likeness (QED) is 0.785. The molecule has 6 rings (SSSR count). The lowest BCUT2D eigenvalue weighted by Gasteiger charge is -2.33. The van der Waals surface area contributed by atoms with Crippen molar-refractivity contribution >= 4 is 11.8 Å². The molecule has 1 spiro atoms. The first-order chi connectivity index (χ1) is 14.2. The van der Waals surface area contributed by atoms with Gasteiger partial charge in [-0.05, 0) is 23.8 Å². The van der Waals surface area contributed by atoms with Crippen molar-refractivity contribution < 1.29 is 23.8 Å². The van der Waals surface area contributed by atoms with Crippen molar-refractivity contribution in [3.05, 3.63) is 59.7 Å². The molecule has 0 bridgehead atoms. The lowest BCUT2D eigenvalue weighted by atomic mass is 10.0. The second-order valence-corrected chi connectivity index (χ2v) is 7.88. The van der Waals surface area contributed by atoms with Crippen LogP contribution in [-0.2, 0) is 9.53 Å². The number of rotatable bonds is 2. The van der Waals surface area contributed by atoms with E-state index >= 15 is 0 Å². The van der Waals surface area contributed by atoms with Gasteiger partial charge in [0.1, 0.15) is 0 Å². The summed E-state index contributed by atoms with van der Waals surface area (Å²) in [6.45, 7) is 1.18. The monoisotopic (exact) mass is 392 g/mol. The molecular formula is C22H20N2O5. The number of hydrogen-bond donors (Lipinski definition) is 0. The summed E-state index contributed by atoms with van der Waals surface area (Å²) in [5.41, 5.74) is 0.887. The molecule has 0 aliphatic carbocycles. The lowest BCUT2D eigenvalue weighted by Crippen LogP contribution is -2.49. The van der Waals surface area contributed by atoms with Crippen LogP contribution in [0.5, 0.6) is 11.5 Å². The molecule has 7 heteroatoms.